The van der Waals surface area contributed by atoms with Gasteiger partial charge in [0.2, 0.25) is 0 Å². The lowest BCUT2D eigenvalue weighted by Crippen LogP contribution is -2.48. The highest BCUT2D eigenvalue weighted by atomic mass is 35.5. The SMILES string of the molecule is CC(Cl)N1CCN(c2cccc(C(F)(F)F)c2C(F)(F)F)CC1. The molecule has 0 radical (unpaired) electrons. The third-order valence-corrected chi connectivity index (χ3v) is 4.07. The van der Waals surface area contributed by atoms with Crippen LogP contribution in [0.25, 0.3) is 0 Å². The van der Waals surface area contributed by atoms with Gasteiger partial charge in [0.25, 0.3) is 0 Å². The molecule has 0 saturated carbocycles. The Morgan fingerprint density at radius 1 is 0.957 bits per heavy atom. The van der Waals surface area contributed by atoms with Gasteiger partial charge in [-0.25, -0.2) is 0 Å². The van der Waals surface area contributed by atoms with E-state index < -0.39 is 29.2 Å². The molecule has 0 amide bonds. The summed E-state index contributed by atoms with van der Waals surface area (Å²) in [5.41, 5.74) is -3.99. The number of hydrogen-bond acceptors (Lipinski definition) is 2. The molecule has 1 aromatic rings. The zero-order chi connectivity index (χ0) is 17.4. The fraction of sp³-hybridized carbons (Fsp3) is 0.571. The third kappa shape index (κ3) is 4.03. The number of rotatable bonds is 2. The number of nitrogens with zero attached hydrogens (tertiary/aromatic N) is 2. The van der Waals surface area contributed by atoms with Crippen molar-refractivity contribution < 1.29 is 26.3 Å². The maximum absolute atomic E-state index is 13.2. The third-order valence-electron chi connectivity index (χ3n) is 3.79. The van der Waals surface area contributed by atoms with Crippen LogP contribution >= 0.6 is 11.6 Å². The summed E-state index contributed by atoms with van der Waals surface area (Å²) in [6, 6.07) is 2.55. The van der Waals surface area contributed by atoms with Crippen LogP contribution in [0.1, 0.15) is 18.1 Å². The number of benzene rings is 1. The van der Waals surface area contributed by atoms with Crippen molar-refractivity contribution in [3.63, 3.8) is 0 Å². The maximum atomic E-state index is 13.2. The second-order valence-corrected chi connectivity index (χ2v) is 5.92. The van der Waals surface area contributed by atoms with Gasteiger partial charge in [-0.15, -0.1) is 11.6 Å². The summed E-state index contributed by atoms with van der Waals surface area (Å²) in [6.07, 6.45) is -10.1. The van der Waals surface area contributed by atoms with Crippen molar-refractivity contribution >= 4 is 17.3 Å². The lowest BCUT2D eigenvalue weighted by atomic mass is 10.0. The quantitative estimate of drug-likeness (QED) is 0.437. The van der Waals surface area contributed by atoms with Crippen LogP contribution in [0, 0.1) is 0 Å². The average molecular weight is 361 g/mol. The number of halogens is 7. The molecule has 0 bridgehead atoms. The Bertz CT molecular complexity index is 547. The maximum Gasteiger partial charge on any atom is 0.418 e. The first-order valence-electron chi connectivity index (χ1n) is 6.92. The summed E-state index contributed by atoms with van der Waals surface area (Å²) in [5.74, 6) is 0. The molecule has 0 spiro atoms. The first-order valence-corrected chi connectivity index (χ1v) is 7.36. The van der Waals surface area contributed by atoms with Gasteiger partial charge < -0.3 is 4.90 Å². The van der Waals surface area contributed by atoms with Crippen LogP contribution in [-0.2, 0) is 12.4 Å². The van der Waals surface area contributed by atoms with Crippen molar-refractivity contribution in [1.29, 1.82) is 0 Å². The second-order valence-electron chi connectivity index (χ2n) is 5.29. The van der Waals surface area contributed by atoms with E-state index in [4.69, 9.17) is 11.6 Å². The van der Waals surface area contributed by atoms with Crippen molar-refractivity contribution in [2.24, 2.45) is 0 Å². The Labute approximate surface area is 134 Å². The molecule has 0 aromatic heterocycles. The Morgan fingerprint density at radius 3 is 1.96 bits per heavy atom. The van der Waals surface area contributed by atoms with Gasteiger partial charge in [-0.2, -0.15) is 26.3 Å². The van der Waals surface area contributed by atoms with Gasteiger partial charge in [0, 0.05) is 31.9 Å². The van der Waals surface area contributed by atoms with Gasteiger partial charge in [0.05, 0.1) is 16.6 Å². The van der Waals surface area contributed by atoms with Crippen LogP contribution in [0.15, 0.2) is 18.2 Å². The summed E-state index contributed by atoms with van der Waals surface area (Å²) in [5, 5.41) is 0. The summed E-state index contributed by atoms with van der Waals surface area (Å²) in [7, 11) is 0. The molecular formula is C14H15ClF6N2. The molecule has 23 heavy (non-hydrogen) atoms. The van der Waals surface area contributed by atoms with Crippen molar-refractivity contribution in [1.82, 2.24) is 4.90 Å². The predicted octanol–water partition coefficient (Wildman–Crippen LogP) is 4.43. The van der Waals surface area contributed by atoms with Crippen molar-refractivity contribution in [3.8, 4) is 0 Å². The Hall–Kier alpha value is -1.15. The fourth-order valence-electron chi connectivity index (χ4n) is 2.66. The highest BCUT2D eigenvalue weighted by molar-refractivity contribution is 6.20. The average Bonchev–Trinajstić information content (AvgIpc) is 2.44. The van der Waals surface area contributed by atoms with E-state index in [-0.39, 0.29) is 18.6 Å². The number of piperazine rings is 1. The van der Waals surface area contributed by atoms with Crippen LogP contribution < -0.4 is 4.90 Å². The fourth-order valence-corrected chi connectivity index (χ4v) is 2.85. The topological polar surface area (TPSA) is 6.48 Å². The number of anilines is 1. The summed E-state index contributed by atoms with van der Waals surface area (Å²) >= 11 is 5.92. The number of hydrogen-bond donors (Lipinski definition) is 0. The van der Waals surface area contributed by atoms with Crippen LogP contribution in [0.3, 0.4) is 0 Å². The molecule has 0 aliphatic carbocycles. The highest BCUT2D eigenvalue weighted by Crippen LogP contribution is 2.45. The van der Waals surface area contributed by atoms with Crippen molar-refractivity contribution in [2.45, 2.75) is 24.8 Å². The minimum atomic E-state index is -5.08. The van der Waals surface area contributed by atoms with Crippen LogP contribution in [0.2, 0.25) is 0 Å². The van der Waals surface area contributed by atoms with E-state index in [1.807, 2.05) is 4.90 Å². The summed E-state index contributed by atoms with van der Waals surface area (Å²) in [4.78, 5) is 3.17. The first-order chi connectivity index (χ1) is 10.5. The minimum absolute atomic E-state index is 0.182. The minimum Gasteiger partial charge on any atom is -0.368 e. The Balaban J connectivity index is 2.40. The van der Waals surface area contributed by atoms with Gasteiger partial charge in [-0.05, 0) is 19.1 Å². The molecule has 1 heterocycles. The van der Waals surface area contributed by atoms with Gasteiger partial charge in [-0.3, -0.25) is 4.90 Å². The second kappa shape index (κ2) is 6.39. The van der Waals surface area contributed by atoms with Crippen molar-refractivity contribution in [3.05, 3.63) is 29.3 Å². The predicted molar refractivity (Wildman–Crippen MR) is 75.5 cm³/mol. The van der Waals surface area contributed by atoms with Gasteiger partial charge in [-0.1, -0.05) is 6.07 Å². The molecule has 1 fully saturated rings. The molecule has 130 valence electrons. The highest BCUT2D eigenvalue weighted by Gasteiger charge is 2.45. The summed E-state index contributed by atoms with van der Waals surface area (Å²) in [6.45, 7) is 2.88. The normalized spacial score (nSPS) is 19.0. The monoisotopic (exact) mass is 360 g/mol. The molecule has 1 aromatic carbocycles. The van der Waals surface area contributed by atoms with Crippen LogP contribution in [-0.4, -0.2) is 36.6 Å². The van der Waals surface area contributed by atoms with E-state index in [1.54, 1.807) is 6.92 Å². The zero-order valence-corrected chi connectivity index (χ0v) is 12.9. The first kappa shape index (κ1) is 18.2. The van der Waals surface area contributed by atoms with E-state index in [0.29, 0.717) is 19.2 Å². The molecule has 1 atom stereocenters. The molecule has 1 unspecified atom stereocenters. The van der Waals surface area contributed by atoms with E-state index in [2.05, 4.69) is 0 Å². The number of alkyl halides is 7. The van der Waals surface area contributed by atoms with Crippen LogP contribution in [0.4, 0.5) is 32.0 Å². The van der Waals surface area contributed by atoms with E-state index in [0.717, 1.165) is 12.1 Å². The smallest absolute Gasteiger partial charge is 0.368 e. The van der Waals surface area contributed by atoms with Gasteiger partial charge >= 0.3 is 12.4 Å². The van der Waals surface area contributed by atoms with E-state index >= 15 is 0 Å². The molecular weight excluding hydrogens is 346 g/mol. The van der Waals surface area contributed by atoms with E-state index in [1.165, 1.54) is 4.90 Å². The molecule has 2 nitrogen and oxygen atoms in total. The summed E-state index contributed by atoms with van der Waals surface area (Å²) < 4.78 is 78.6. The lowest BCUT2D eigenvalue weighted by molar-refractivity contribution is -0.161. The largest absolute Gasteiger partial charge is 0.418 e. The molecule has 0 N–H and O–H groups in total. The van der Waals surface area contributed by atoms with Gasteiger partial charge in [0.15, 0.2) is 0 Å². The molecule has 1 saturated heterocycles. The zero-order valence-electron chi connectivity index (χ0n) is 12.2. The van der Waals surface area contributed by atoms with Crippen molar-refractivity contribution in [2.75, 3.05) is 31.1 Å². The van der Waals surface area contributed by atoms with Gasteiger partial charge in [0.1, 0.15) is 0 Å². The lowest BCUT2D eigenvalue weighted by Gasteiger charge is -2.38. The van der Waals surface area contributed by atoms with Crippen LogP contribution in [0.5, 0.6) is 0 Å². The molecule has 9 heteroatoms. The molecule has 2 rings (SSSR count). The van der Waals surface area contributed by atoms with E-state index in [9.17, 15) is 26.3 Å². The Morgan fingerprint density at radius 2 is 1.52 bits per heavy atom. The standard InChI is InChI=1S/C14H15ClF6N2/c1-9(15)22-5-7-23(8-6-22)11-4-2-3-10(13(16,17)18)12(11)14(19,20)21/h2-4,9H,5-8H2,1H3. The molecule has 1 aliphatic heterocycles. The Kier molecular flexibility index (Phi) is 5.06. The molecule has 1 aliphatic rings.